The van der Waals surface area contributed by atoms with Crippen molar-refractivity contribution in [1.82, 2.24) is 9.80 Å². The molecule has 224 valence electrons. The number of benzene rings is 3. The van der Waals surface area contributed by atoms with Crippen molar-refractivity contribution in [2.75, 3.05) is 25.0 Å². The normalized spacial score (nSPS) is 15.1. The molecule has 1 aliphatic rings. The Hall–Kier alpha value is -4.55. The molecule has 1 heterocycles. The van der Waals surface area contributed by atoms with Crippen molar-refractivity contribution in [2.45, 2.75) is 38.5 Å². The first-order valence-electron chi connectivity index (χ1n) is 13.9. The smallest absolute Gasteiger partial charge is 0.416 e. The van der Waals surface area contributed by atoms with E-state index in [0.29, 0.717) is 44.3 Å². The van der Waals surface area contributed by atoms with Crippen LogP contribution < -0.4 is 10.1 Å². The van der Waals surface area contributed by atoms with Crippen LogP contribution in [0.1, 0.15) is 30.9 Å². The van der Waals surface area contributed by atoms with Crippen LogP contribution in [0, 0.1) is 18.2 Å². The lowest BCUT2D eigenvalue weighted by atomic mass is 10.0. The number of rotatable bonds is 9. The molecule has 3 aromatic carbocycles. The summed E-state index contributed by atoms with van der Waals surface area (Å²) >= 11 is 0. The average Bonchev–Trinajstić information content (AvgIpc) is 2.97. The minimum atomic E-state index is -4.74. The molecule has 0 bridgehead atoms. The highest BCUT2D eigenvalue weighted by atomic mass is 19.4. The van der Waals surface area contributed by atoms with Crippen LogP contribution in [0.25, 0.3) is 0 Å². The van der Waals surface area contributed by atoms with E-state index in [1.807, 2.05) is 73.7 Å². The van der Waals surface area contributed by atoms with Gasteiger partial charge in [0.25, 0.3) is 0 Å². The molecule has 0 aromatic heterocycles. The number of nitrogens with zero attached hydrogens (tertiary/aromatic N) is 2. The van der Waals surface area contributed by atoms with Crippen molar-refractivity contribution in [3.05, 3.63) is 119 Å². The summed E-state index contributed by atoms with van der Waals surface area (Å²) in [5.41, 5.74) is 0.352. The molecule has 1 saturated heterocycles. The van der Waals surface area contributed by atoms with Gasteiger partial charge >= 0.3 is 12.2 Å². The SMILES string of the molecule is C#C/C=C(\C=C(/C)Oc1ccccc1)CN1CCC(N(Cc2ccccc2)C(=O)Nc2cc(F)cc(C(F)(F)F)c2)CC1. The number of amides is 2. The van der Waals surface area contributed by atoms with Gasteiger partial charge in [-0.25, -0.2) is 9.18 Å². The lowest BCUT2D eigenvalue weighted by Gasteiger charge is -2.38. The van der Waals surface area contributed by atoms with Gasteiger partial charge in [0.15, 0.2) is 0 Å². The molecule has 9 heteroatoms. The zero-order chi connectivity index (χ0) is 30.8. The van der Waals surface area contributed by atoms with E-state index in [1.165, 1.54) is 0 Å². The van der Waals surface area contributed by atoms with Crippen LogP contribution in [0.2, 0.25) is 0 Å². The van der Waals surface area contributed by atoms with Crippen LogP contribution in [-0.2, 0) is 12.7 Å². The van der Waals surface area contributed by atoms with E-state index in [9.17, 15) is 22.4 Å². The van der Waals surface area contributed by atoms with E-state index < -0.39 is 23.6 Å². The second-order valence-corrected chi connectivity index (χ2v) is 10.3. The first-order chi connectivity index (χ1) is 20.6. The number of terminal acetylenes is 1. The van der Waals surface area contributed by atoms with Gasteiger partial charge in [0.1, 0.15) is 17.3 Å². The second-order valence-electron chi connectivity index (χ2n) is 10.3. The van der Waals surface area contributed by atoms with Crippen molar-refractivity contribution < 1.29 is 27.1 Å². The molecule has 0 spiro atoms. The minimum Gasteiger partial charge on any atom is -0.462 e. The van der Waals surface area contributed by atoms with Gasteiger partial charge in [0.05, 0.1) is 5.56 Å². The Labute approximate surface area is 249 Å². The van der Waals surface area contributed by atoms with Crippen molar-refractivity contribution in [2.24, 2.45) is 0 Å². The molecular formula is C34H33F4N3O2. The van der Waals surface area contributed by atoms with Gasteiger partial charge in [0, 0.05) is 37.9 Å². The lowest BCUT2D eigenvalue weighted by molar-refractivity contribution is -0.137. The van der Waals surface area contributed by atoms with Crippen LogP contribution >= 0.6 is 0 Å². The van der Waals surface area contributed by atoms with Gasteiger partial charge in [-0.15, -0.1) is 6.42 Å². The quantitative estimate of drug-likeness (QED) is 0.119. The highest BCUT2D eigenvalue weighted by molar-refractivity contribution is 5.89. The maximum atomic E-state index is 14.0. The predicted octanol–water partition coefficient (Wildman–Crippen LogP) is 7.89. The second kappa shape index (κ2) is 14.6. The Bertz CT molecular complexity index is 1470. The number of likely N-dealkylation sites (tertiary alicyclic amines) is 1. The van der Waals surface area contributed by atoms with Gasteiger partial charge in [-0.2, -0.15) is 13.2 Å². The van der Waals surface area contributed by atoms with Gasteiger partial charge in [-0.3, -0.25) is 4.90 Å². The van der Waals surface area contributed by atoms with Crippen molar-refractivity contribution in [3.63, 3.8) is 0 Å². The summed E-state index contributed by atoms with van der Waals surface area (Å²) in [6.45, 7) is 4.02. The molecule has 0 saturated carbocycles. The molecule has 0 radical (unpaired) electrons. The van der Waals surface area contributed by atoms with Crippen molar-refractivity contribution >= 4 is 11.7 Å². The molecule has 4 rings (SSSR count). The van der Waals surface area contributed by atoms with E-state index in [4.69, 9.17) is 11.2 Å². The summed E-state index contributed by atoms with van der Waals surface area (Å²) < 4.78 is 59.6. The van der Waals surface area contributed by atoms with E-state index in [2.05, 4.69) is 16.1 Å². The number of halogens is 4. The fourth-order valence-electron chi connectivity index (χ4n) is 5.02. The van der Waals surface area contributed by atoms with E-state index in [0.717, 1.165) is 29.0 Å². The third-order valence-corrected chi connectivity index (χ3v) is 7.02. The zero-order valence-corrected chi connectivity index (χ0v) is 23.8. The number of allylic oxidation sites excluding steroid dienone is 2. The molecular weight excluding hydrogens is 558 g/mol. The Kier molecular flexibility index (Phi) is 10.6. The van der Waals surface area contributed by atoms with Crippen LogP contribution in [0.5, 0.6) is 5.75 Å². The number of para-hydroxylation sites is 1. The first-order valence-corrected chi connectivity index (χ1v) is 13.9. The number of carbonyl (C=O) groups is 1. The highest BCUT2D eigenvalue weighted by Gasteiger charge is 2.32. The number of piperidine rings is 1. The number of urea groups is 1. The van der Waals surface area contributed by atoms with E-state index in [1.54, 1.807) is 11.0 Å². The Morgan fingerprint density at radius 1 is 1.07 bits per heavy atom. The largest absolute Gasteiger partial charge is 0.462 e. The maximum Gasteiger partial charge on any atom is 0.416 e. The first kappa shape index (κ1) is 31.4. The van der Waals surface area contributed by atoms with Crippen molar-refractivity contribution in [1.29, 1.82) is 0 Å². The number of ether oxygens (including phenoxy) is 1. The summed E-state index contributed by atoms with van der Waals surface area (Å²) in [4.78, 5) is 17.3. The zero-order valence-electron chi connectivity index (χ0n) is 23.8. The minimum absolute atomic E-state index is 0.189. The van der Waals surface area contributed by atoms with Gasteiger partial charge in [-0.1, -0.05) is 54.5 Å². The Balaban J connectivity index is 1.44. The standard InChI is InChI=1S/C34H33F4N3O2/c1-3-10-27(19-25(2)43-32-13-8-5-9-14-32)23-40-17-15-31(16-18-40)41(24-26-11-6-4-7-12-26)33(42)39-30-21-28(34(36,37)38)20-29(35)22-30/h1,4-14,19-22,31H,15-18,23-24H2,2H3,(H,39,42)/b25-19+,27-10+. The number of nitrogens with one attached hydrogen (secondary N) is 1. The molecule has 0 atom stereocenters. The molecule has 43 heavy (non-hydrogen) atoms. The molecule has 1 N–H and O–H groups in total. The molecule has 2 amide bonds. The molecule has 5 nitrogen and oxygen atoms in total. The van der Waals surface area contributed by atoms with Gasteiger partial charge in [-0.05, 0) is 73.4 Å². The summed E-state index contributed by atoms with van der Waals surface area (Å²) in [5, 5.41) is 2.50. The number of alkyl halides is 3. The molecule has 1 fully saturated rings. The van der Waals surface area contributed by atoms with Crippen LogP contribution in [-0.4, -0.2) is 41.5 Å². The Morgan fingerprint density at radius 2 is 1.72 bits per heavy atom. The van der Waals surface area contributed by atoms with E-state index in [-0.39, 0.29) is 18.3 Å². The number of anilines is 1. The van der Waals surface area contributed by atoms with Gasteiger partial charge in [0.2, 0.25) is 0 Å². The summed E-state index contributed by atoms with van der Waals surface area (Å²) in [6.07, 6.45) is 5.71. The van der Waals surface area contributed by atoms with E-state index >= 15 is 0 Å². The monoisotopic (exact) mass is 591 g/mol. The molecule has 3 aromatic rings. The van der Waals surface area contributed by atoms with Crippen molar-refractivity contribution in [3.8, 4) is 18.1 Å². The molecule has 0 unspecified atom stereocenters. The van der Waals surface area contributed by atoms with Crippen LogP contribution in [0.3, 0.4) is 0 Å². The number of hydrogen-bond acceptors (Lipinski definition) is 3. The molecule has 0 aliphatic carbocycles. The van der Waals surface area contributed by atoms with Crippen LogP contribution in [0.4, 0.5) is 28.0 Å². The summed E-state index contributed by atoms with van der Waals surface area (Å²) in [5.74, 6) is 2.93. The highest BCUT2D eigenvalue weighted by Crippen LogP contribution is 2.32. The average molecular weight is 592 g/mol. The summed E-state index contributed by atoms with van der Waals surface area (Å²) in [7, 11) is 0. The number of hydrogen-bond donors (Lipinski definition) is 1. The lowest BCUT2D eigenvalue weighted by Crippen LogP contribution is -2.48. The van der Waals surface area contributed by atoms with Gasteiger partial charge < -0.3 is 15.0 Å². The molecule has 1 aliphatic heterocycles. The fourth-order valence-corrected chi connectivity index (χ4v) is 5.02. The Morgan fingerprint density at radius 3 is 2.35 bits per heavy atom. The fraction of sp³-hybridized carbons (Fsp3) is 0.265. The predicted molar refractivity (Wildman–Crippen MR) is 160 cm³/mol. The maximum absolute atomic E-state index is 14.0. The third kappa shape index (κ3) is 9.48. The topological polar surface area (TPSA) is 44.8 Å². The van der Waals surface area contributed by atoms with Crippen LogP contribution in [0.15, 0.2) is 102 Å². The number of carbonyl (C=O) groups excluding carboxylic acids is 1. The third-order valence-electron chi connectivity index (χ3n) is 7.02. The summed E-state index contributed by atoms with van der Waals surface area (Å²) in [6, 6.07) is 20.0.